The average molecular weight is 291 g/mol. The minimum absolute atomic E-state index is 0.0614. The van der Waals surface area contributed by atoms with Crippen molar-refractivity contribution in [2.75, 3.05) is 5.43 Å². The first-order chi connectivity index (χ1) is 10.0. The van der Waals surface area contributed by atoms with Crippen molar-refractivity contribution >= 4 is 17.3 Å². The van der Waals surface area contributed by atoms with E-state index in [1.165, 1.54) is 24.5 Å². The summed E-state index contributed by atoms with van der Waals surface area (Å²) >= 11 is 0. The number of nitrogens with two attached hydrogens (primary N) is 1. The molecule has 0 aliphatic rings. The van der Waals surface area contributed by atoms with Crippen molar-refractivity contribution in [3.05, 3.63) is 46.0 Å². The maximum absolute atomic E-state index is 12.0. The third kappa shape index (κ3) is 3.12. The van der Waals surface area contributed by atoms with E-state index >= 15 is 0 Å². The highest BCUT2D eigenvalue weighted by Crippen LogP contribution is 2.24. The number of carbonyl (C=O) groups excluding carboxylic acids is 1. The molecule has 4 N–H and O–H groups in total. The number of nitro benzene ring substituents is 1. The highest BCUT2D eigenvalue weighted by molar-refractivity contribution is 5.95. The minimum atomic E-state index is -0.587. The number of nitrogens with one attached hydrogen (secondary N) is 2. The maximum Gasteiger partial charge on any atom is 0.293 e. The molecule has 0 aliphatic heterocycles. The van der Waals surface area contributed by atoms with Crippen LogP contribution in [0, 0.1) is 10.1 Å². The molecule has 0 fully saturated rings. The smallest absolute Gasteiger partial charge is 0.293 e. The van der Waals surface area contributed by atoms with Gasteiger partial charge in [-0.2, -0.15) is 0 Å². The van der Waals surface area contributed by atoms with Gasteiger partial charge in [0.2, 0.25) is 0 Å². The van der Waals surface area contributed by atoms with Crippen LogP contribution in [0.25, 0.3) is 0 Å². The molecule has 0 saturated carbocycles. The lowest BCUT2D eigenvalue weighted by Crippen LogP contribution is -2.24. The van der Waals surface area contributed by atoms with Crippen molar-refractivity contribution in [2.24, 2.45) is 12.9 Å². The molecule has 0 atom stereocenters. The number of carbonyl (C=O) groups is 1. The fraction of sp³-hybridized carbons (Fsp3) is 0.182. The Balaban J connectivity index is 2.12. The molecule has 0 aliphatic carbocycles. The number of aryl methyl sites for hydroxylation is 1. The Hall–Kier alpha value is -3.01. The second-order valence-electron chi connectivity index (χ2n) is 4.17. The van der Waals surface area contributed by atoms with Crippen molar-refractivity contribution in [3.63, 3.8) is 0 Å². The summed E-state index contributed by atoms with van der Waals surface area (Å²) in [7, 11) is 1.75. The Bertz CT molecular complexity index is 682. The molecule has 2 aromatic rings. The van der Waals surface area contributed by atoms with E-state index in [0.29, 0.717) is 5.82 Å². The van der Waals surface area contributed by atoms with Crippen LogP contribution in [-0.2, 0) is 13.6 Å². The fourth-order valence-electron chi connectivity index (χ4n) is 1.68. The molecule has 0 bridgehead atoms. The molecular weight excluding hydrogens is 278 g/mol. The second-order valence-corrected chi connectivity index (χ2v) is 4.17. The van der Waals surface area contributed by atoms with E-state index in [0.717, 1.165) is 0 Å². The maximum atomic E-state index is 12.0. The number of hydrazine groups is 1. The fourth-order valence-corrected chi connectivity index (χ4v) is 1.68. The van der Waals surface area contributed by atoms with Gasteiger partial charge in [-0.15, -0.1) is 10.2 Å². The van der Waals surface area contributed by atoms with Crippen LogP contribution in [0.3, 0.4) is 0 Å². The van der Waals surface area contributed by atoms with Crippen molar-refractivity contribution in [3.8, 4) is 0 Å². The number of aromatic nitrogens is 3. The summed E-state index contributed by atoms with van der Waals surface area (Å²) in [6, 6.07) is 3.88. The van der Waals surface area contributed by atoms with Gasteiger partial charge in [-0.3, -0.25) is 20.8 Å². The van der Waals surface area contributed by atoms with Crippen LogP contribution in [0.5, 0.6) is 0 Å². The number of anilines is 1. The van der Waals surface area contributed by atoms with Crippen LogP contribution in [0.2, 0.25) is 0 Å². The lowest BCUT2D eigenvalue weighted by molar-refractivity contribution is -0.384. The summed E-state index contributed by atoms with van der Waals surface area (Å²) in [5.74, 6) is 5.41. The van der Waals surface area contributed by atoms with Gasteiger partial charge < -0.3 is 15.3 Å². The number of rotatable bonds is 5. The van der Waals surface area contributed by atoms with Crippen LogP contribution in [0.1, 0.15) is 16.2 Å². The summed E-state index contributed by atoms with van der Waals surface area (Å²) < 4.78 is 1.67. The van der Waals surface area contributed by atoms with E-state index in [1.54, 1.807) is 11.6 Å². The zero-order chi connectivity index (χ0) is 15.4. The molecule has 1 aromatic heterocycles. The highest BCUT2D eigenvalue weighted by Gasteiger charge is 2.16. The SMILES string of the molecule is Cn1cnnc1CNC(=O)c1ccc([N+](=O)[O-])c(NN)c1. The lowest BCUT2D eigenvalue weighted by Gasteiger charge is -2.07. The van der Waals surface area contributed by atoms with E-state index in [2.05, 4.69) is 20.9 Å². The minimum Gasteiger partial charge on any atom is -0.345 e. The second kappa shape index (κ2) is 5.96. The first-order valence-electron chi connectivity index (χ1n) is 5.89. The Morgan fingerprint density at radius 1 is 1.52 bits per heavy atom. The summed E-state index contributed by atoms with van der Waals surface area (Å²) in [5.41, 5.74) is 2.30. The molecule has 10 heteroatoms. The molecule has 0 saturated heterocycles. The Kier molecular flexibility index (Phi) is 4.09. The first-order valence-corrected chi connectivity index (χ1v) is 5.89. The molecule has 21 heavy (non-hydrogen) atoms. The van der Waals surface area contributed by atoms with Crippen molar-refractivity contribution in [1.82, 2.24) is 20.1 Å². The number of amides is 1. The number of hydrogen-bond donors (Lipinski definition) is 3. The number of nitrogen functional groups attached to an aromatic ring is 1. The largest absolute Gasteiger partial charge is 0.345 e. The van der Waals surface area contributed by atoms with Gasteiger partial charge in [-0.05, 0) is 12.1 Å². The van der Waals surface area contributed by atoms with Crippen LogP contribution >= 0.6 is 0 Å². The molecule has 110 valence electrons. The van der Waals surface area contributed by atoms with E-state index in [1.807, 2.05) is 0 Å². The van der Waals surface area contributed by atoms with Gasteiger partial charge >= 0.3 is 0 Å². The predicted molar refractivity (Wildman–Crippen MR) is 73.1 cm³/mol. The van der Waals surface area contributed by atoms with E-state index in [9.17, 15) is 14.9 Å². The molecule has 0 spiro atoms. The Morgan fingerprint density at radius 2 is 2.29 bits per heavy atom. The summed E-state index contributed by atoms with van der Waals surface area (Å²) in [6.07, 6.45) is 1.52. The molecule has 1 amide bonds. The molecule has 0 radical (unpaired) electrons. The molecular formula is C11H13N7O3. The van der Waals surface area contributed by atoms with Crippen molar-refractivity contribution in [1.29, 1.82) is 0 Å². The zero-order valence-electron chi connectivity index (χ0n) is 11.1. The van der Waals surface area contributed by atoms with Gasteiger partial charge in [0.1, 0.15) is 12.0 Å². The van der Waals surface area contributed by atoms with Crippen LogP contribution in [0.4, 0.5) is 11.4 Å². The van der Waals surface area contributed by atoms with Gasteiger partial charge in [-0.1, -0.05) is 0 Å². The topological polar surface area (TPSA) is 141 Å². The van der Waals surface area contributed by atoms with E-state index in [-0.39, 0.29) is 23.5 Å². The van der Waals surface area contributed by atoms with Gasteiger partial charge in [0, 0.05) is 18.7 Å². The molecule has 2 rings (SSSR count). The summed E-state index contributed by atoms with van der Waals surface area (Å²) in [4.78, 5) is 22.2. The van der Waals surface area contributed by atoms with E-state index in [4.69, 9.17) is 5.84 Å². The normalized spacial score (nSPS) is 10.2. The van der Waals surface area contributed by atoms with Crippen molar-refractivity contribution in [2.45, 2.75) is 6.54 Å². The number of benzene rings is 1. The van der Waals surface area contributed by atoms with Gasteiger partial charge in [0.05, 0.1) is 11.5 Å². The zero-order valence-corrected chi connectivity index (χ0v) is 11.1. The first kappa shape index (κ1) is 14.4. The monoisotopic (exact) mass is 291 g/mol. The number of nitro groups is 1. The standard InChI is InChI=1S/C11H13N7O3/c1-17-6-14-16-10(17)5-13-11(19)7-2-3-9(18(20)21)8(4-7)15-12/h2-4,6,15H,5,12H2,1H3,(H,13,19). The number of hydrogen-bond acceptors (Lipinski definition) is 7. The van der Waals surface area contributed by atoms with Crippen molar-refractivity contribution < 1.29 is 9.72 Å². The van der Waals surface area contributed by atoms with Crippen LogP contribution in [0.15, 0.2) is 24.5 Å². The third-order valence-electron chi connectivity index (χ3n) is 2.82. The van der Waals surface area contributed by atoms with Crippen LogP contribution < -0.4 is 16.6 Å². The Morgan fingerprint density at radius 3 is 2.86 bits per heavy atom. The van der Waals surface area contributed by atoms with Crippen LogP contribution in [-0.4, -0.2) is 25.6 Å². The van der Waals surface area contributed by atoms with E-state index < -0.39 is 10.8 Å². The summed E-state index contributed by atoms with van der Waals surface area (Å²) in [6.45, 7) is 0.192. The number of nitrogens with zero attached hydrogens (tertiary/aromatic N) is 4. The van der Waals surface area contributed by atoms with Gasteiger partial charge in [0.25, 0.3) is 11.6 Å². The predicted octanol–water partition coefficient (Wildman–Crippen LogP) is -0.0611. The summed E-state index contributed by atoms with van der Waals surface area (Å²) in [5, 5.41) is 20.9. The van der Waals surface area contributed by atoms with Gasteiger partial charge in [0.15, 0.2) is 5.82 Å². The quantitative estimate of drug-likeness (QED) is 0.398. The lowest BCUT2D eigenvalue weighted by atomic mass is 10.1. The molecule has 0 unspecified atom stereocenters. The molecule has 1 heterocycles. The third-order valence-corrected chi connectivity index (χ3v) is 2.82. The highest BCUT2D eigenvalue weighted by atomic mass is 16.6. The average Bonchev–Trinajstić information content (AvgIpc) is 2.89. The Labute approximate surface area is 119 Å². The van der Waals surface area contributed by atoms with Gasteiger partial charge in [-0.25, -0.2) is 0 Å². The molecule has 10 nitrogen and oxygen atoms in total. The molecule has 1 aromatic carbocycles.